The van der Waals surface area contributed by atoms with Crippen molar-refractivity contribution in [3.63, 3.8) is 0 Å². The highest BCUT2D eigenvalue weighted by Gasteiger charge is 2.35. The van der Waals surface area contributed by atoms with Crippen molar-refractivity contribution in [2.45, 2.75) is 65.3 Å². The van der Waals surface area contributed by atoms with Crippen molar-refractivity contribution in [1.29, 1.82) is 0 Å². The SMILES string of the molecule is CCNC(=NCc1ncc(C(C)(C)C)o1)N1CC2CCCCC2C1.I. The number of likely N-dealkylation sites (tertiary alicyclic amines) is 1. The van der Waals surface area contributed by atoms with Crippen LogP contribution in [-0.4, -0.2) is 35.5 Å². The van der Waals surface area contributed by atoms with Gasteiger partial charge in [-0.1, -0.05) is 33.6 Å². The summed E-state index contributed by atoms with van der Waals surface area (Å²) in [4.78, 5) is 11.6. The van der Waals surface area contributed by atoms with E-state index >= 15 is 0 Å². The van der Waals surface area contributed by atoms with Crippen molar-refractivity contribution in [3.8, 4) is 0 Å². The van der Waals surface area contributed by atoms with E-state index < -0.39 is 0 Å². The average Bonchev–Trinajstić information content (AvgIpc) is 3.17. The van der Waals surface area contributed by atoms with E-state index in [1.54, 1.807) is 0 Å². The van der Waals surface area contributed by atoms with E-state index in [0.29, 0.717) is 12.4 Å². The molecule has 2 atom stereocenters. The van der Waals surface area contributed by atoms with Gasteiger partial charge < -0.3 is 14.6 Å². The zero-order valence-electron chi connectivity index (χ0n) is 16.0. The highest BCUT2D eigenvalue weighted by Crippen LogP contribution is 2.36. The zero-order chi connectivity index (χ0) is 17.2. The fourth-order valence-electron chi connectivity index (χ4n) is 3.88. The number of nitrogens with one attached hydrogen (secondary N) is 1. The molecule has 6 heteroatoms. The fraction of sp³-hybridized carbons (Fsp3) is 0.789. The minimum atomic E-state index is -0.00981. The maximum absolute atomic E-state index is 5.87. The predicted octanol–water partition coefficient (Wildman–Crippen LogP) is 4.18. The van der Waals surface area contributed by atoms with E-state index in [9.17, 15) is 0 Å². The molecule has 1 aromatic heterocycles. The Bertz CT molecular complexity index is 564. The lowest BCUT2D eigenvalue weighted by Crippen LogP contribution is -2.40. The molecular weight excluding hydrogens is 427 g/mol. The van der Waals surface area contributed by atoms with Crippen molar-refractivity contribution in [3.05, 3.63) is 17.8 Å². The first-order chi connectivity index (χ1) is 11.5. The van der Waals surface area contributed by atoms with Crippen molar-refractivity contribution in [2.75, 3.05) is 19.6 Å². The van der Waals surface area contributed by atoms with Crippen molar-refractivity contribution < 1.29 is 4.42 Å². The van der Waals surface area contributed by atoms with Crippen LogP contribution in [0.25, 0.3) is 0 Å². The van der Waals surface area contributed by atoms with Gasteiger partial charge in [-0.15, -0.1) is 24.0 Å². The van der Waals surface area contributed by atoms with Crippen LogP contribution in [0.4, 0.5) is 0 Å². The Morgan fingerprint density at radius 2 is 1.92 bits per heavy atom. The molecule has 142 valence electrons. The van der Waals surface area contributed by atoms with Crippen LogP contribution in [-0.2, 0) is 12.0 Å². The van der Waals surface area contributed by atoms with Gasteiger partial charge in [0.1, 0.15) is 12.3 Å². The van der Waals surface area contributed by atoms with E-state index in [0.717, 1.165) is 43.2 Å². The van der Waals surface area contributed by atoms with E-state index in [1.807, 2.05) is 6.20 Å². The summed E-state index contributed by atoms with van der Waals surface area (Å²) >= 11 is 0. The first-order valence-corrected chi connectivity index (χ1v) is 9.46. The number of oxazole rings is 1. The maximum Gasteiger partial charge on any atom is 0.216 e. The molecule has 3 rings (SSSR count). The molecule has 5 nitrogen and oxygen atoms in total. The highest BCUT2D eigenvalue weighted by molar-refractivity contribution is 14.0. The monoisotopic (exact) mass is 460 g/mol. The molecule has 2 fully saturated rings. The molecule has 1 aliphatic heterocycles. The Morgan fingerprint density at radius 1 is 1.28 bits per heavy atom. The molecule has 2 aliphatic rings. The first kappa shape index (κ1) is 20.5. The Labute approximate surface area is 169 Å². The van der Waals surface area contributed by atoms with Crippen molar-refractivity contribution in [2.24, 2.45) is 16.8 Å². The summed E-state index contributed by atoms with van der Waals surface area (Å²) < 4.78 is 5.87. The largest absolute Gasteiger partial charge is 0.443 e. The molecule has 1 aromatic rings. The van der Waals surface area contributed by atoms with Gasteiger partial charge in [-0.2, -0.15) is 0 Å². The second-order valence-electron chi connectivity index (χ2n) is 8.25. The number of halogens is 1. The number of guanidine groups is 1. The van der Waals surface area contributed by atoms with Gasteiger partial charge in [0.25, 0.3) is 0 Å². The molecule has 0 bridgehead atoms. The summed E-state index contributed by atoms with van der Waals surface area (Å²) in [6.07, 6.45) is 7.40. The van der Waals surface area contributed by atoms with Gasteiger partial charge in [-0.3, -0.25) is 0 Å². The number of aliphatic imine (C=N–C) groups is 1. The topological polar surface area (TPSA) is 53.7 Å². The molecule has 0 radical (unpaired) electrons. The van der Waals surface area contributed by atoms with E-state index in [4.69, 9.17) is 9.41 Å². The third kappa shape index (κ3) is 5.11. The Morgan fingerprint density at radius 3 is 2.44 bits per heavy atom. The molecular formula is C19H33IN4O. The lowest BCUT2D eigenvalue weighted by atomic mass is 9.82. The number of rotatable bonds is 3. The third-order valence-corrected chi connectivity index (χ3v) is 5.27. The quantitative estimate of drug-likeness (QED) is 0.418. The molecule has 1 aliphatic carbocycles. The summed E-state index contributed by atoms with van der Waals surface area (Å²) in [7, 11) is 0. The standard InChI is InChI=1S/C19H32N4O.HI/c1-5-20-18(23-12-14-8-6-7-9-15(14)13-23)22-11-17-21-10-16(24-17)19(2,3)4;/h10,14-15H,5-9,11-13H2,1-4H3,(H,20,22);1H. The second-order valence-corrected chi connectivity index (χ2v) is 8.25. The molecule has 2 unspecified atom stereocenters. The lowest BCUT2D eigenvalue weighted by Gasteiger charge is -2.22. The van der Waals surface area contributed by atoms with Gasteiger partial charge in [0.05, 0.1) is 6.20 Å². The highest BCUT2D eigenvalue weighted by atomic mass is 127. The number of aromatic nitrogens is 1. The van der Waals surface area contributed by atoms with Gasteiger partial charge in [0.2, 0.25) is 5.89 Å². The summed E-state index contributed by atoms with van der Waals surface area (Å²) in [6.45, 7) is 12.2. The zero-order valence-corrected chi connectivity index (χ0v) is 18.4. The minimum Gasteiger partial charge on any atom is -0.443 e. The summed E-state index contributed by atoms with van der Waals surface area (Å²) in [5, 5.41) is 3.45. The van der Waals surface area contributed by atoms with Gasteiger partial charge in [0, 0.05) is 25.0 Å². The molecule has 0 spiro atoms. The van der Waals surface area contributed by atoms with E-state index in [2.05, 4.69) is 42.9 Å². The predicted molar refractivity (Wildman–Crippen MR) is 112 cm³/mol. The Balaban J connectivity index is 0.00000225. The third-order valence-electron chi connectivity index (χ3n) is 5.27. The van der Waals surface area contributed by atoms with E-state index in [1.165, 1.54) is 25.7 Å². The van der Waals surface area contributed by atoms with Crippen LogP contribution in [0.2, 0.25) is 0 Å². The van der Waals surface area contributed by atoms with Gasteiger partial charge in [-0.05, 0) is 31.6 Å². The van der Waals surface area contributed by atoms with E-state index in [-0.39, 0.29) is 29.4 Å². The number of nitrogens with zero attached hydrogens (tertiary/aromatic N) is 3. The molecule has 2 heterocycles. The molecule has 1 saturated heterocycles. The molecule has 1 N–H and O–H groups in total. The van der Waals surface area contributed by atoms with Crippen LogP contribution in [0, 0.1) is 11.8 Å². The van der Waals surface area contributed by atoms with Crippen LogP contribution in [0.3, 0.4) is 0 Å². The van der Waals surface area contributed by atoms with Crippen LogP contribution >= 0.6 is 24.0 Å². The smallest absolute Gasteiger partial charge is 0.216 e. The fourth-order valence-corrected chi connectivity index (χ4v) is 3.88. The minimum absolute atomic E-state index is 0. The normalized spacial score (nSPS) is 24.0. The number of hydrogen-bond donors (Lipinski definition) is 1. The summed E-state index contributed by atoms with van der Waals surface area (Å²) in [5.74, 6) is 4.35. The maximum atomic E-state index is 5.87. The van der Waals surface area contributed by atoms with Crippen LogP contribution in [0.1, 0.15) is 65.0 Å². The average molecular weight is 460 g/mol. The van der Waals surface area contributed by atoms with Gasteiger partial charge >= 0.3 is 0 Å². The lowest BCUT2D eigenvalue weighted by molar-refractivity contribution is 0.299. The number of hydrogen-bond acceptors (Lipinski definition) is 3. The summed E-state index contributed by atoms with van der Waals surface area (Å²) in [6, 6.07) is 0. The van der Waals surface area contributed by atoms with Gasteiger partial charge in [0.15, 0.2) is 5.96 Å². The van der Waals surface area contributed by atoms with Crippen molar-refractivity contribution in [1.82, 2.24) is 15.2 Å². The Kier molecular flexibility index (Phi) is 7.17. The van der Waals surface area contributed by atoms with Crippen LogP contribution < -0.4 is 5.32 Å². The molecule has 0 aromatic carbocycles. The Hall–Kier alpha value is -0.790. The second kappa shape index (κ2) is 8.73. The number of fused-ring (bicyclic) bond motifs is 1. The molecule has 25 heavy (non-hydrogen) atoms. The molecule has 1 saturated carbocycles. The molecule has 0 amide bonds. The van der Waals surface area contributed by atoms with Crippen LogP contribution in [0.5, 0.6) is 0 Å². The summed E-state index contributed by atoms with van der Waals surface area (Å²) in [5.41, 5.74) is -0.00981. The van der Waals surface area contributed by atoms with Gasteiger partial charge in [-0.25, -0.2) is 9.98 Å². The first-order valence-electron chi connectivity index (χ1n) is 9.46. The van der Waals surface area contributed by atoms with Crippen molar-refractivity contribution >= 4 is 29.9 Å². The van der Waals surface area contributed by atoms with Crippen LogP contribution in [0.15, 0.2) is 15.6 Å².